The molecule has 3 aromatic carbocycles. The molecule has 0 aliphatic carbocycles. The van der Waals surface area contributed by atoms with E-state index in [0.717, 1.165) is 24.4 Å². The highest BCUT2D eigenvalue weighted by atomic mass is 32.2. The summed E-state index contributed by atoms with van der Waals surface area (Å²) in [5.41, 5.74) is 0.306. The zero-order valence-corrected chi connectivity index (χ0v) is 15.4. The van der Waals surface area contributed by atoms with E-state index in [9.17, 15) is 26.0 Å². The summed E-state index contributed by atoms with van der Waals surface area (Å²) in [5.74, 6) is -3.72. The van der Waals surface area contributed by atoms with Crippen molar-refractivity contribution in [3.63, 3.8) is 0 Å². The minimum absolute atomic E-state index is 0.0731. The average Bonchev–Trinajstić information content (AvgIpc) is 2.70. The SMILES string of the molecule is O=S(=O)(c1ccc(F)c(F)c1)c1cnc2c(F)cccc2c1-c1ccc(F)cc1. The van der Waals surface area contributed by atoms with E-state index in [4.69, 9.17) is 0 Å². The molecule has 3 nitrogen and oxygen atoms in total. The Balaban J connectivity index is 2.08. The van der Waals surface area contributed by atoms with Gasteiger partial charge in [0.2, 0.25) is 9.84 Å². The molecule has 4 aromatic rings. The fourth-order valence-electron chi connectivity index (χ4n) is 3.06. The van der Waals surface area contributed by atoms with Crippen LogP contribution >= 0.6 is 0 Å². The second kappa shape index (κ2) is 6.97. The standard InChI is InChI=1S/C21H11F4NO2S/c22-13-6-4-12(5-7-13)20-15-2-1-3-17(24)21(15)26-11-19(20)29(27,28)14-8-9-16(23)18(25)10-14/h1-11H. The second-order valence-corrected chi connectivity index (χ2v) is 8.14. The molecule has 0 bridgehead atoms. The maximum Gasteiger partial charge on any atom is 0.208 e. The number of benzene rings is 3. The normalized spacial score (nSPS) is 11.7. The van der Waals surface area contributed by atoms with Crippen LogP contribution in [0, 0.1) is 23.3 Å². The number of nitrogens with zero attached hydrogens (tertiary/aromatic N) is 1. The van der Waals surface area contributed by atoms with Gasteiger partial charge in [0.1, 0.15) is 17.2 Å². The summed E-state index contributed by atoms with van der Waals surface area (Å²) < 4.78 is 80.9. The summed E-state index contributed by atoms with van der Waals surface area (Å²) in [6.07, 6.45) is 0.959. The molecular formula is C21H11F4NO2S. The number of hydrogen-bond donors (Lipinski definition) is 0. The highest BCUT2D eigenvalue weighted by Gasteiger charge is 2.26. The Morgan fingerprint density at radius 3 is 2.17 bits per heavy atom. The van der Waals surface area contributed by atoms with E-state index >= 15 is 0 Å². The number of aromatic nitrogens is 1. The van der Waals surface area contributed by atoms with Gasteiger partial charge in [0, 0.05) is 17.1 Å². The molecule has 0 saturated carbocycles. The molecule has 0 aliphatic heterocycles. The smallest absolute Gasteiger partial charge is 0.208 e. The second-order valence-electron chi connectivity index (χ2n) is 6.22. The first kappa shape index (κ1) is 19.1. The van der Waals surface area contributed by atoms with Crippen LogP contribution in [0.4, 0.5) is 17.6 Å². The third kappa shape index (κ3) is 3.25. The first-order valence-corrected chi connectivity index (χ1v) is 9.80. The van der Waals surface area contributed by atoms with Crippen LogP contribution in [0.2, 0.25) is 0 Å². The third-order valence-electron chi connectivity index (χ3n) is 4.44. The van der Waals surface area contributed by atoms with Crippen LogP contribution in [0.1, 0.15) is 0 Å². The van der Waals surface area contributed by atoms with E-state index in [2.05, 4.69) is 4.98 Å². The maximum absolute atomic E-state index is 14.2. The Kier molecular flexibility index (Phi) is 4.58. The van der Waals surface area contributed by atoms with Crippen LogP contribution in [0.15, 0.2) is 76.7 Å². The van der Waals surface area contributed by atoms with Gasteiger partial charge in [-0.1, -0.05) is 24.3 Å². The van der Waals surface area contributed by atoms with E-state index < -0.39 is 38.0 Å². The molecular weight excluding hydrogens is 406 g/mol. The summed E-state index contributed by atoms with van der Waals surface area (Å²) in [7, 11) is -4.36. The van der Waals surface area contributed by atoms with Gasteiger partial charge in [0.05, 0.1) is 9.79 Å². The molecule has 1 aromatic heterocycles. The summed E-state index contributed by atoms with van der Waals surface area (Å²) >= 11 is 0. The lowest BCUT2D eigenvalue weighted by Gasteiger charge is -2.14. The van der Waals surface area contributed by atoms with Crippen LogP contribution in [0.3, 0.4) is 0 Å². The quantitative estimate of drug-likeness (QED) is 0.336. The first-order chi connectivity index (χ1) is 13.8. The van der Waals surface area contributed by atoms with Gasteiger partial charge in [0.15, 0.2) is 11.6 Å². The average molecular weight is 417 g/mol. The fraction of sp³-hybridized carbons (Fsp3) is 0. The zero-order chi connectivity index (χ0) is 20.8. The van der Waals surface area contributed by atoms with Crippen LogP contribution in [-0.4, -0.2) is 13.4 Å². The Labute approximate surface area is 163 Å². The van der Waals surface area contributed by atoms with Crippen LogP contribution in [0.5, 0.6) is 0 Å². The maximum atomic E-state index is 14.2. The van der Waals surface area contributed by atoms with Crippen molar-refractivity contribution in [1.29, 1.82) is 0 Å². The topological polar surface area (TPSA) is 47.0 Å². The van der Waals surface area contributed by atoms with E-state index in [1.54, 1.807) is 0 Å². The van der Waals surface area contributed by atoms with Gasteiger partial charge >= 0.3 is 0 Å². The van der Waals surface area contributed by atoms with E-state index in [0.29, 0.717) is 17.7 Å². The molecule has 0 amide bonds. The molecule has 0 atom stereocenters. The van der Waals surface area contributed by atoms with Crippen LogP contribution in [0.25, 0.3) is 22.0 Å². The van der Waals surface area contributed by atoms with Gasteiger partial charge in [-0.3, -0.25) is 4.98 Å². The van der Waals surface area contributed by atoms with Gasteiger partial charge in [-0.2, -0.15) is 0 Å². The van der Waals surface area contributed by atoms with Crippen molar-refractivity contribution >= 4 is 20.7 Å². The number of rotatable bonds is 3. The monoisotopic (exact) mass is 417 g/mol. The molecule has 0 spiro atoms. The summed E-state index contributed by atoms with van der Waals surface area (Å²) in [5, 5.41) is 0.181. The minimum Gasteiger partial charge on any atom is -0.252 e. The number of fused-ring (bicyclic) bond motifs is 1. The predicted molar refractivity (Wildman–Crippen MR) is 98.9 cm³/mol. The van der Waals surface area contributed by atoms with E-state index in [1.165, 1.54) is 30.3 Å². The summed E-state index contributed by atoms with van der Waals surface area (Å²) in [6.45, 7) is 0. The Bertz CT molecular complexity index is 1350. The molecule has 146 valence electrons. The summed E-state index contributed by atoms with van der Waals surface area (Å²) in [4.78, 5) is 3.09. The van der Waals surface area contributed by atoms with Crippen LogP contribution in [-0.2, 0) is 9.84 Å². The third-order valence-corrected chi connectivity index (χ3v) is 6.20. The van der Waals surface area contributed by atoms with Crippen molar-refractivity contribution in [3.8, 4) is 11.1 Å². The van der Waals surface area contributed by atoms with Gasteiger partial charge in [-0.15, -0.1) is 0 Å². The van der Waals surface area contributed by atoms with Crippen molar-refractivity contribution in [2.45, 2.75) is 9.79 Å². The molecule has 0 radical (unpaired) electrons. The lowest BCUT2D eigenvalue weighted by atomic mass is 10.0. The van der Waals surface area contributed by atoms with Gasteiger partial charge < -0.3 is 0 Å². The first-order valence-electron chi connectivity index (χ1n) is 8.32. The lowest BCUT2D eigenvalue weighted by Crippen LogP contribution is -2.07. The molecule has 0 N–H and O–H groups in total. The predicted octanol–water partition coefficient (Wildman–Crippen LogP) is 5.29. The molecule has 0 fully saturated rings. The number of sulfone groups is 1. The van der Waals surface area contributed by atoms with Crippen molar-refractivity contribution in [2.75, 3.05) is 0 Å². The molecule has 8 heteroatoms. The minimum atomic E-state index is -4.36. The Morgan fingerprint density at radius 2 is 1.48 bits per heavy atom. The van der Waals surface area contributed by atoms with Crippen molar-refractivity contribution in [2.24, 2.45) is 0 Å². The molecule has 0 aliphatic rings. The lowest BCUT2D eigenvalue weighted by molar-refractivity contribution is 0.504. The highest BCUT2D eigenvalue weighted by molar-refractivity contribution is 7.91. The van der Waals surface area contributed by atoms with Gasteiger partial charge in [0.25, 0.3) is 0 Å². The largest absolute Gasteiger partial charge is 0.252 e. The van der Waals surface area contributed by atoms with Gasteiger partial charge in [-0.25, -0.2) is 26.0 Å². The zero-order valence-electron chi connectivity index (χ0n) is 14.5. The number of halogens is 4. The van der Waals surface area contributed by atoms with Crippen molar-refractivity contribution in [1.82, 2.24) is 4.98 Å². The number of pyridine rings is 1. The van der Waals surface area contributed by atoms with E-state index in [1.807, 2.05) is 0 Å². The Morgan fingerprint density at radius 1 is 0.759 bits per heavy atom. The van der Waals surface area contributed by atoms with Crippen LogP contribution < -0.4 is 0 Å². The van der Waals surface area contributed by atoms with Crippen molar-refractivity contribution < 1.29 is 26.0 Å². The Hall–Kier alpha value is -3.26. The number of para-hydroxylation sites is 1. The van der Waals surface area contributed by atoms with Crippen molar-refractivity contribution in [3.05, 3.63) is 90.1 Å². The molecule has 29 heavy (non-hydrogen) atoms. The van der Waals surface area contributed by atoms with E-state index in [-0.39, 0.29) is 21.4 Å². The highest BCUT2D eigenvalue weighted by Crippen LogP contribution is 2.37. The molecule has 0 saturated heterocycles. The van der Waals surface area contributed by atoms with Gasteiger partial charge in [-0.05, 0) is 42.0 Å². The fourth-order valence-corrected chi connectivity index (χ4v) is 4.51. The number of hydrogen-bond acceptors (Lipinski definition) is 3. The molecule has 0 unspecified atom stereocenters. The molecule has 4 rings (SSSR count). The summed E-state index contributed by atoms with van der Waals surface area (Å²) in [6, 6.07) is 11.2. The molecule has 1 heterocycles.